The van der Waals surface area contributed by atoms with Crippen LogP contribution in [0.2, 0.25) is 0 Å². The summed E-state index contributed by atoms with van der Waals surface area (Å²) in [6.45, 7) is 4.77. The molecular weight excluding hydrogens is 737 g/mol. The van der Waals surface area contributed by atoms with Gasteiger partial charge in [0.25, 0.3) is 0 Å². The predicted octanol–water partition coefficient (Wildman–Crippen LogP) is 16.6. The number of rotatable bonds is 8. The zero-order valence-corrected chi connectivity index (χ0v) is 34.3. The topological polar surface area (TPSA) is 6.48 Å². The van der Waals surface area contributed by atoms with E-state index >= 15 is 0 Å². The van der Waals surface area contributed by atoms with Gasteiger partial charge in [0.15, 0.2) is 0 Å². The molecule has 0 N–H and O–H groups in total. The van der Waals surface area contributed by atoms with E-state index in [-0.39, 0.29) is 5.41 Å². The van der Waals surface area contributed by atoms with Crippen LogP contribution >= 0.6 is 0 Å². The summed E-state index contributed by atoms with van der Waals surface area (Å²) in [6.07, 6.45) is 0. The first-order chi connectivity index (χ1) is 30.0. The third-order valence-electron chi connectivity index (χ3n) is 12.6. The number of para-hydroxylation sites is 1. The van der Waals surface area contributed by atoms with Crippen LogP contribution in [0.5, 0.6) is 0 Å². The second-order valence-electron chi connectivity index (χ2n) is 16.6. The van der Waals surface area contributed by atoms with E-state index < -0.39 is 0 Å². The molecule has 11 rings (SSSR count). The molecule has 10 aromatic rings. The average Bonchev–Trinajstić information content (AvgIpc) is 3.54. The van der Waals surface area contributed by atoms with Gasteiger partial charge in [0, 0.05) is 39.2 Å². The molecular formula is C59H44N2. The molecule has 1 aliphatic rings. The van der Waals surface area contributed by atoms with Crippen molar-refractivity contribution in [1.82, 2.24) is 0 Å². The lowest BCUT2D eigenvalue weighted by Crippen LogP contribution is -2.17. The maximum absolute atomic E-state index is 2.44. The highest BCUT2D eigenvalue weighted by atomic mass is 15.1. The third-order valence-corrected chi connectivity index (χ3v) is 12.6. The van der Waals surface area contributed by atoms with Crippen molar-refractivity contribution in [3.63, 3.8) is 0 Å². The lowest BCUT2D eigenvalue weighted by molar-refractivity contribution is 0.660. The Labute approximate surface area is 358 Å². The SMILES string of the molecule is CC1(C)c2cc(N(c3ccccc3)c3ccc4ccccc4c3)ccc2-c2ccc(N(c3ccc(-c4cccc(-c5ccccc5)c4)cc3)c3cccc4ccccc34)cc21. The molecule has 0 aromatic heterocycles. The van der Waals surface area contributed by atoms with E-state index in [0.29, 0.717) is 0 Å². The van der Waals surface area contributed by atoms with Gasteiger partial charge in [-0.25, -0.2) is 0 Å². The van der Waals surface area contributed by atoms with Gasteiger partial charge in [0.2, 0.25) is 0 Å². The first-order valence-corrected chi connectivity index (χ1v) is 21.2. The van der Waals surface area contributed by atoms with Crippen molar-refractivity contribution in [2.24, 2.45) is 0 Å². The van der Waals surface area contributed by atoms with Gasteiger partial charge in [-0.3, -0.25) is 0 Å². The fourth-order valence-corrected chi connectivity index (χ4v) is 9.47. The van der Waals surface area contributed by atoms with Crippen LogP contribution in [0, 0.1) is 0 Å². The molecule has 10 aromatic carbocycles. The third kappa shape index (κ3) is 6.45. The molecule has 0 radical (unpaired) electrons. The quantitative estimate of drug-likeness (QED) is 0.152. The Kier molecular flexibility index (Phi) is 8.86. The zero-order valence-electron chi connectivity index (χ0n) is 34.3. The Balaban J connectivity index is 1.00. The number of fused-ring (bicyclic) bond motifs is 5. The van der Waals surface area contributed by atoms with Crippen LogP contribution in [0.3, 0.4) is 0 Å². The lowest BCUT2D eigenvalue weighted by Gasteiger charge is -2.30. The highest BCUT2D eigenvalue weighted by Crippen LogP contribution is 2.53. The number of hydrogen-bond acceptors (Lipinski definition) is 2. The van der Waals surface area contributed by atoms with E-state index in [4.69, 9.17) is 0 Å². The number of anilines is 6. The second kappa shape index (κ2) is 14.9. The molecule has 2 nitrogen and oxygen atoms in total. The van der Waals surface area contributed by atoms with Gasteiger partial charge in [-0.05, 0) is 133 Å². The highest BCUT2D eigenvalue weighted by Gasteiger charge is 2.37. The number of benzene rings is 10. The Morgan fingerprint density at radius 2 is 0.770 bits per heavy atom. The smallest absolute Gasteiger partial charge is 0.0540 e. The molecule has 0 heterocycles. The summed E-state index contributed by atoms with van der Waals surface area (Å²) in [5.41, 5.74) is 16.6. The first kappa shape index (κ1) is 36.4. The Hall–Kier alpha value is -7.68. The standard InChI is InChI=1S/C59H44N2/c1-59(2)56-39-51(60(48-23-7-4-8-24-48)50-32-29-42-17-9-10-19-47(42)38-50)33-35-54(56)55-36-34-52(40-57(55)59)61(58-26-14-20-44-18-11-12-25-53(44)58)49-30-27-43(28-31-49)46-22-13-21-45(37-46)41-15-5-3-6-16-41/h3-40H,1-2H3. The van der Waals surface area contributed by atoms with Crippen molar-refractivity contribution in [3.8, 4) is 33.4 Å². The minimum absolute atomic E-state index is 0.250. The molecule has 0 atom stereocenters. The molecule has 290 valence electrons. The molecule has 0 bridgehead atoms. The minimum atomic E-state index is -0.250. The van der Waals surface area contributed by atoms with E-state index in [1.54, 1.807) is 0 Å². The van der Waals surface area contributed by atoms with Crippen molar-refractivity contribution in [1.29, 1.82) is 0 Å². The minimum Gasteiger partial charge on any atom is -0.310 e. The molecule has 61 heavy (non-hydrogen) atoms. The summed E-state index contributed by atoms with van der Waals surface area (Å²) >= 11 is 0. The van der Waals surface area contributed by atoms with Gasteiger partial charge < -0.3 is 9.80 Å². The normalized spacial score (nSPS) is 12.6. The Morgan fingerprint density at radius 1 is 0.295 bits per heavy atom. The van der Waals surface area contributed by atoms with Gasteiger partial charge >= 0.3 is 0 Å². The van der Waals surface area contributed by atoms with Crippen molar-refractivity contribution >= 4 is 55.7 Å². The molecule has 0 fully saturated rings. The summed E-state index contributed by atoms with van der Waals surface area (Å²) in [5, 5.41) is 4.90. The molecule has 2 heteroatoms. The first-order valence-electron chi connectivity index (χ1n) is 21.2. The molecule has 0 spiro atoms. The van der Waals surface area contributed by atoms with Gasteiger partial charge in [0.05, 0.1) is 5.69 Å². The predicted molar refractivity (Wildman–Crippen MR) is 259 cm³/mol. The van der Waals surface area contributed by atoms with E-state index in [1.807, 2.05) is 0 Å². The zero-order chi connectivity index (χ0) is 40.9. The second-order valence-corrected chi connectivity index (χ2v) is 16.6. The van der Waals surface area contributed by atoms with Crippen LogP contribution in [0.25, 0.3) is 54.9 Å². The fraction of sp³-hybridized carbons (Fsp3) is 0.0508. The van der Waals surface area contributed by atoms with Crippen LogP contribution in [0.4, 0.5) is 34.1 Å². The molecule has 0 unspecified atom stereocenters. The van der Waals surface area contributed by atoms with Crippen LogP contribution < -0.4 is 9.80 Å². The van der Waals surface area contributed by atoms with E-state index in [2.05, 4.69) is 254 Å². The Bertz CT molecular complexity index is 3210. The maximum Gasteiger partial charge on any atom is 0.0540 e. The van der Waals surface area contributed by atoms with E-state index in [9.17, 15) is 0 Å². The molecule has 0 saturated heterocycles. The molecule has 1 aliphatic carbocycles. The van der Waals surface area contributed by atoms with Crippen molar-refractivity contribution in [3.05, 3.63) is 242 Å². The number of nitrogens with zero attached hydrogens (tertiary/aromatic N) is 2. The van der Waals surface area contributed by atoms with Crippen molar-refractivity contribution < 1.29 is 0 Å². The van der Waals surface area contributed by atoms with Crippen LogP contribution in [-0.4, -0.2) is 0 Å². The van der Waals surface area contributed by atoms with Gasteiger partial charge in [-0.1, -0.05) is 172 Å². The monoisotopic (exact) mass is 780 g/mol. The molecule has 0 amide bonds. The number of hydrogen-bond donors (Lipinski definition) is 0. The molecule has 0 saturated carbocycles. The summed E-state index contributed by atoms with van der Waals surface area (Å²) in [7, 11) is 0. The average molecular weight is 781 g/mol. The van der Waals surface area contributed by atoms with Crippen LogP contribution in [-0.2, 0) is 5.41 Å². The lowest BCUT2D eigenvalue weighted by atomic mass is 9.82. The highest BCUT2D eigenvalue weighted by molar-refractivity contribution is 6.00. The summed E-state index contributed by atoms with van der Waals surface area (Å²) < 4.78 is 0. The van der Waals surface area contributed by atoms with Crippen LogP contribution in [0.1, 0.15) is 25.0 Å². The van der Waals surface area contributed by atoms with Crippen LogP contribution in [0.15, 0.2) is 231 Å². The van der Waals surface area contributed by atoms with Crippen molar-refractivity contribution in [2.75, 3.05) is 9.80 Å². The Morgan fingerprint density at radius 3 is 1.48 bits per heavy atom. The fourth-order valence-electron chi connectivity index (χ4n) is 9.47. The summed E-state index contributed by atoms with van der Waals surface area (Å²) in [5.74, 6) is 0. The van der Waals surface area contributed by atoms with Gasteiger partial charge in [-0.2, -0.15) is 0 Å². The summed E-state index contributed by atoms with van der Waals surface area (Å²) in [6, 6.07) is 84.1. The van der Waals surface area contributed by atoms with E-state index in [0.717, 1.165) is 34.1 Å². The van der Waals surface area contributed by atoms with Crippen molar-refractivity contribution in [2.45, 2.75) is 19.3 Å². The van der Waals surface area contributed by atoms with Gasteiger partial charge in [-0.15, -0.1) is 0 Å². The summed E-state index contributed by atoms with van der Waals surface area (Å²) in [4.78, 5) is 4.83. The van der Waals surface area contributed by atoms with E-state index in [1.165, 1.54) is 66.1 Å². The largest absolute Gasteiger partial charge is 0.310 e. The van der Waals surface area contributed by atoms with Gasteiger partial charge in [0.1, 0.15) is 0 Å². The molecule has 0 aliphatic heterocycles. The maximum atomic E-state index is 2.44.